The van der Waals surface area contributed by atoms with Gasteiger partial charge in [0, 0.05) is 19.6 Å². The summed E-state index contributed by atoms with van der Waals surface area (Å²) in [5.74, 6) is -0.230. The molecular weight excluding hydrogens is 248 g/mol. The van der Waals surface area contributed by atoms with Gasteiger partial charge in [-0.15, -0.1) is 0 Å². The van der Waals surface area contributed by atoms with Crippen LogP contribution < -0.4 is 0 Å². The smallest absolute Gasteiger partial charge is 0.317 e. The zero-order valence-corrected chi connectivity index (χ0v) is 11.0. The SMILES string of the molecule is CC(=O)SCCCC[C@H](SC(C)=O)C(=O)O. The fraction of sp³-hybridized carbons (Fsp3) is 0.700. The number of unbranched alkanes of at least 4 members (excludes halogenated alkanes) is 1. The summed E-state index contributed by atoms with van der Waals surface area (Å²) < 4.78 is 0. The molecule has 1 N–H and O–H groups in total. The van der Waals surface area contributed by atoms with E-state index in [1.165, 1.54) is 25.6 Å². The Morgan fingerprint density at radius 1 is 1.12 bits per heavy atom. The van der Waals surface area contributed by atoms with Gasteiger partial charge in [-0.2, -0.15) is 0 Å². The van der Waals surface area contributed by atoms with Crippen LogP contribution in [-0.2, 0) is 14.4 Å². The van der Waals surface area contributed by atoms with Gasteiger partial charge in [-0.3, -0.25) is 14.4 Å². The number of carbonyl (C=O) groups is 3. The maximum Gasteiger partial charge on any atom is 0.317 e. The fourth-order valence-electron chi connectivity index (χ4n) is 1.08. The van der Waals surface area contributed by atoms with Crippen molar-refractivity contribution in [1.82, 2.24) is 0 Å². The molecule has 6 heteroatoms. The Labute approximate surface area is 104 Å². The lowest BCUT2D eigenvalue weighted by atomic mass is 10.2. The molecule has 0 fully saturated rings. The van der Waals surface area contributed by atoms with Crippen molar-refractivity contribution in [2.24, 2.45) is 0 Å². The fourth-order valence-corrected chi connectivity index (χ4v) is 2.50. The second-order valence-corrected chi connectivity index (χ2v) is 5.92. The predicted octanol–water partition coefficient (Wildman–Crippen LogP) is 2.17. The van der Waals surface area contributed by atoms with Gasteiger partial charge >= 0.3 is 5.97 Å². The minimum absolute atomic E-state index is 0.0768. The molecule has 0 amide bonds. The Morgan fingerprint density at radius 2 is 1.75 bits per heavy atom. The van der Waals surface area contributed by atoms with Gasteiger partial charge in [0.05, 0.1) is 0 Å². The highest BCUT2D eigenvalue weighted by atomic mass is 32.2. The zero-order valence-electron chi connectivity index (χ0n) is 9.39. The van der Waals surface area contributed by atoms with E-state index in [1.807, 2.05) is 0 Å². The van der Waals surface area contributed by atoms with Gasteiger partial charge in [-0.25, -0.2) is 0 Å². The molecule has 0 saturated heterocycles. The molecule has 0 saturated carbocycles. The number of rotatable bonds is 7. The summed E-state index contributed by atoms with van der Waals surface area (Å²) in [7, 11) is 0. The number of carboxylic acids is 1. The third kappa shape index (κ3) is 8.79. The summed E-state index contributed by atoms with van der Waals surface area (Å²) in [6, 6.07) is 0. The average Bonchev–Trinajstić information content (AvgIpc) is 2.14. The second-order valence-electron chi connectivity index (χ2n) is 3.27. The highest BCUT2D eigenvalue weighted by Crippen LogP contribution is 2.19. The summed E-state index contributed by atoms with van der Waals surface area (Å²) in [5, 5.41) is 8.08. The van der Waals surface area contributed by atoms with Crippen LogP contribution >= 0.6 is 23.5 Å². The molecule has 0 aromatic rings. The standard InChI is InChI=1S/C10H16O4S2/c1-7(11)15-6-4-3-5-9(10(13)14)16-8(2)12/h9H,3-6H2,1-2H3,(H,13,14)/t9-/m0/s1. The van der Waals surface area contributed by atoms with Crippen molar-refractivity contribution >= 4 is 39.7 Å². The molecule has 0 bridgehead atoms. The number of thioether (sulfide) groups is 2. The predicted molar refractivity (Wildman–Crippen MR) is 66.7 cm³/mol. The van der Waals surface area contributed by atoms with Gasteiger partial charge < -0.3 is 5.11 Å². The maximum absolute atomic E-state index is 10.8. The highest BCUT2D eigenvalue weighted by molar-refractivity contribution is 8.14. The lowest BCUT2D eigenvalue weighted by Crippen LogP contribution is -2.17. The molecular formula is C10H16O4S2. The van der Waals surface area contributed by atoms with Crippen LogP contribution in [0.15, 0.2) is 0 Å². The first-order valence-electron chi connectivity index (χ1n) is 4.97. The van der Waals surface area contributed by atoms with E-state index in [-0.39, 0.29) is 10.2 Å². The quantitative estimate of drug-likeness (QED) is 0.711. The van der Waals surface area contributed by atoms with E-state index in [1.54, 1.807) is 0 Å². The molecule has 0 aromatic carbocycles. The monoisotopic (exact) mass is 264 g/mol. The van der Waals surface area contributed by atoms with Crippen LogP contribution in [0.25, 0.3) is 0 Å². The number of carbonyl (C=O) groups excluding carboxylic acids is 2. The third-order valence-corrected chi connectivity index (χ3v) is 3.70. The zero-order chi connectivity index (χ0) is 12.6. The van der Waals surface area contributed by atoms with Gasteiger partial charge in [0.1, 0.15) is 5.25 Å². The molecule has 4 nitrogen and oxygen atoms in total. The van der Waals surface area contributed by atoms with E-state index in [0.717, 1.165) is 24.6 Å². The van der Waals surface area contributed by atoms with Crippen LogP contribution in [0.3, 0.4) is 0 Å². The van der Waals surface area contributed by atoms with Gasteiger partial charge in [-0.1, -0.05) is 29.9 Å². The van der Waals surface area contributed by atoms with E-state index in [2.05, 4.69) is 0 Å². The summed E-state index contributed by atoms with van der Waals surface area (Å²) >= 11 is 2.10. The van der Waals surface area contributed by atoms with Crippen LogP contribution in [0.4, 0.5) is 0 Å². The van der Waals surface area contributed by atoms with Crippen LogP contribution in [0, 0.1) is 0 Å². The second kappa shape index (κ2) is 8.64. The Morgan fingerprint density at radius 3 is 2.19 bits per heavy atom. The molecule has 0 aromatic heterocycles. The van der Waals surface area contributed by atoms with Crippen molar-refractivity contribution in [1.29, 1.82) is 0 Å². The van der Waals surface area contributed by atoms with Crippen molar-refractivity contribution in [3.63, 3.8) is 0 Å². The molecule has 0 radical (unpaired) electrons. The maximum atomic E-state index is 10.8. The van der Waals surface area contributed by atoms with E-state index in [0.29, 0.717) is 12.2 Å². The molecule has 0 aliphatic heterocycles. The van der Waals surface area contributed by atoms with Crippen LogP contribution in [0.2, 0.25) is 0 Å². The van der Waals surface area contributed by atoms with Crippen molar-refractivity contribution in [3.05, 3.63) is 0 Å². The Hall–Kier alpha value is -0.490. The first-order valence-corrected chi connectivity index (χ1v) is 6.83. The van der Waals surface area contributed by atoms with Crippen molar-refractivity contribution in [3.8, 4) is 0 Å². The molecule has 92 valence electrons. The summed E-state index contributed by atoms with van der Waals surface area (Å²) in [6.45, 7) is 2.88. The van der Waals surface area contributed by atoms with Crippen LogP contribution in [-0.4, -0.2) is 32.3 Å². The summed E-state index contributed by atoms with van der Waals surface area (Å²) in [6.07, 6.45) is 1.99. The lowest BCUT2D eigenvalue weighted by Gasteiger charge is -2.08. The minimum atomic E-state index is -0.945. The Bertz CT molecular complexity index is 266. The number of carboxylic acid groups (broad SMARTS) is 1. The molecule has 0 aliphatic rings. The van der Waals surface area contributed by atoms with E-state index < -0.39 is 11.2 Å². The Kier molecular flexibility index (Phi) is 8.37. The minimum Gasteiger partial charge on any atom is -0.480 e. The number of hydrogen-bond donors (Lipinski definition) is 1. The molecule has 0 aliphatic carbocycles. The van der Waals surface area contributed by atoms with Gasteiger partial charge in [0.15, 0.2) is 10.2 Å². The highest BCUT2D eigenvalue weighted by Gasteiger charge is 2.19. The van der Waals surface area contributed by atoms with Crippen LogP contribution in [0.5, 0.6) is 0 Å². The topological polar surface area (TPSA) is 71.4 Å². The van der Waals surface area contributed by atoms with Crippen molar-refractivity contribution in [2.45, 2.75) is 38.4 Å². The molecule has 0 unspecified atom stereocenters. The third-order valence-electron chi connectivity index (χ3n) is 1.75. The van der Waals surface area contributed by atoms with Gasteiger partial charge in [0.25, 0.3) is 0 Å². The van der Waals surface area contributed by atoms with Crippen LogP contribution in [0.1, 0.15) is 33.1 Å². The first kappa shape index (κ1) is 15.5. The van der Waals surface area contributed by atoms with Gasteiger partial charge in [0.2, 0.25) is 0 Å². The molecule has 1 atom stereocenters. The van der Waals surface area contributed by atoms with Crippen molar-refractivity contribution in [2.75, 3.05) is 5.75 Å². The first-order chi connectivity index (χ1) is 7.43. The molecule has 16 heavy (non-hydrogen) atoms. The summed E-state index contributed by atoms with van der Waals surface area (Å²) in [4.78, 5) is 32.2. The number of aliphatic carboxylic acids is 1. The molecule has 0 rings (SSSR count). The average molecular weight is 264 g/mol. The summed E-state index contributed by atoms with van der Waals surface area (Å²) in [5.41, 5.74) is 0. The van der Waals surface area contributed by atoms with E-state index in [4.69, 9.17) is 5.11 Å². The molecule has 0 spiro atoms. The normalized spacial score (nSPS) is 12.1. The Balaban J connectivity index is 3.72. The van der Waals surface area contributed by atoms with Gasteiger partial charge in [-0.05, 0) is 12.8 Å². The molecule has 0 heterocycles. The lowest BCUT2D eigenvalue weighted by molar-refractivity contribution is -0.136. The number of hydrogen-bond acceptors (Lipinski definition) is 5. The largest absolute Gasteiger partial charge is 0.480 e. The van der Waals surface area contributed by atoms with Crippen molar-refractivity contribution < 1.29 is 19.5 Å². The van der Waals surface area contributed by atoms with E-state index in [9.17, 15) is 14.4 Å². The van der Waals surface area contributed by atoms with E-state index >= 15 is 0 Å².